The zero-order chi connectivity index (χ0) is 22.8. The number of ether oxygens (including phenoxy) is 2. The van der Waals surface area contributed by atoms with Crippen LogP contribution in [0.25, 0.3) is 0 Å². The highest BCUT2D eigenvalue weighted by Gasteiger charge is 2.19. The number of hydrogen-bond donors (Lipinski definition) is 2. The van der Waals surface area contributed by atoms with E-state index < -0.39 is 11.9 Å². The summed E-state index contributed by atoms with van der Waals surface area (Å²) in [6.07, 6.45) is 7.08. The van der Waals surface area contributed by atoms with Crippen LogP contribution in [0.3, 0.4) is 0 Å². The van der Waals surface area contributed by atoms with Crippen LogP contribution in [0.4, 0.5) is 0 Å². The van der Waals surface area contributed by atoms with E-state index in [1.54, 1.807) is 12.1 Å². The molecule has 2 aromatic heterocycles. The highest BCUT2D eigenvalue weighted by Crippen LogP contribution is 2.24. The summed E-state index contributed by atoms with van der Waals surface area (Å²) in [6, 6.07) is 3.48. The molecule has 0 spiro atoms. The van der Waals surface area contributed by atoms with Crippen molar-refractivity contribution in [3.8, 4) is 0 Å². The van der Waals surface area contributed by atoms with E-state index in [1.807, 2.05) is 0 Å². The maximum atomic E-state index is 11.3. The molecule has 0 aromatic carbocycles. The molecule has 0 unspecified atom stereocenters. The third-order valence-corrected chi connectivity index (χ3v) is 5.68. The molecule has 10 nitrogen and oxygen atoms in total. The molecule has 0 atom stereocenters. The van der Waals surface area contributed by atoms with Crippen LogP contribution < -0.4 is 10.6 Å². The van der Waals surface area contributed by atoms with Gasteiger partial charge in [-0.05, 0) is 64.0 Å². The predicted octanol–water partition coefficient (Wildman–Crippen LogP) is 1.46. The minimum Gasteiger partial charge on any atom is -0.464 e. The molecule has 172 valence electrons. The van der Waals surface area contributed by atoms with Gasteiger partial charge in [-0.1, -0.05) is 0 Å². The fourth-order valence-corrected chi connectivity index (χ4v) is 3.86. The summed E-state index contributed by atoms with van der Waals surface area (Å²) in [5.41, 5.74) is 2.56. The van der Waals surface area contributed by atoms with Crippen molar-refractivity contribution in [2.75, 3.05) is 40.4 Å². The van der Waals surface area contributed by atoms with Crippen LogP contribution >= 0.6 is 0 Å². The largest absolute Gasteiger partial charge is 0.464 e. The Morgan fingerprint density at radius 3 is 1.44 bits per heavy atom. The lowest BCUT2D eigenvalue weighted by Crippen LogP contribution is -2.27. The Kier molecular flexibility index (Phi) is 9.00. The van der Waals surface area contributed by atoms with Crippen molar-refractivity contribution in [2.45, 2.75) is 37.5 Å². The van der Waals surface area contributed by atoms with Crippen molar-refractivity contribution in [3.05, 3.63) is 47.6 Å². The molecule has 0 saturated carbocycles. The van der Waals surface area contributed by atoms with Crippen LogP contribution in [-0.4, -0.2) is 72.3 Å². The normalized spacial score (nSPS) is 17.1. The van der Waals surface area contributed by atoms with Gasteiger partial charge in [-0.3, -0.25) is 0 Å². The quantitative estimate of drug-likeness (QED) is 0.672. The topological polar surface area (TPSA) is 128 Å². The first-order chi connectivity index (χ1) is 15.6. The summed E-state index contributed by atoms with van der Waals surface area (Å²) in [5.74, 6) is 0.0375. The third-order valence-electron chi connectivity index (χ3n) is 5.68. The van der Waals surface area contributed by atoms with Gasteiger partial charge in [-0.15, -0.1) is 0 Å². The zero-order valence-electron chi connectivity index (χ0n) is 18.5. The number of carbonyl (C=O) groups is 2. The maximum absolute atomic E-state index is 11.3. The summed E-state index contributed by atoms with van der Waals surface area (Å²) < 4.78 is 9.27. The molecule has 0 bridgehead atoms. The van der Waals surface area contributed by atoms with Gasteiger partial charge in [0.25, 0.3) is 0 Å². The first-order valence-corrected chi connectivity index (χ1v) is 10.8. The van der Waals surface area contributed by atoms with E-state index in [0.717, 1.165) is 63.3 Å². The van der Waals surface area contributed by atoms with E-state index >= 15 is 0 Å². The Balaban J connectivity index is 0.000000181. The maximum Gasteiger partial charge on any atom is 0.356 e. The Morgan fingerprint density at radius 2 is 1.09 bits per heavy atom. The van der Waals surface area contributed by atoms with Crippen LogP contribution in [0, 0.1) is 0 Å². The van der Waals surface area contributed by atoms with E-state index in [0.29, 0.717) is 23.2 Å². The molecule has 0 aliphatic carbocycles. The molecule has 32 heavy (non-hydrogen) atoms. The van der Waals surface area contributed by atoms with Crippen LogP contribution in [-0.2, 0) is 9.47 Å². The van der Waals surface area contributed by atoms with Gasteiger partial charge in [0.15, 0.2) is 11.4 Å². The molecule has 10 heteroatoms. The van der Waals surface area contributed by atoms with E-state index in [4.69, 9.17) is 0 Å². The summed E-state index contributed by atoms with van der Waals surface area (Å²) in [4.78, 5) is 38.9. The van der Waals surface area contributed by atoms with Crippen molar-refractivity contribution < 1.29 is 19.1 Å². The van der Waals surface area contributed by atoms with Crippen molar-refractivity contribution in [1.82, 2.24) is 30.6 Å². The number of esters is 2. The Bertz CT molecular complexity index is 824. The Hall–Kier alpha value is -2.98. The van der Waals surface area contributed by atoms with Gasteiger partial charge in [0, 0.05) is 23.2 Å². The third kappa shape index (κ3) is 6.51. The van der Waals surface area contributed by atoms with Gasteiger partial charge >= 0.3 is 11.9 Å². The number of hydrogen-bond acceptors (Lipinski definition) is 10. The number of methoxy groups -OCH3 is 2. The molecule has 2 N–H and O–H groups in total. The van der Waals surface area contributed by atoms with Gasteiger partial charge in [0.05, 0.1) is 14.2 Å². The van der Waals surface area contributed by atoms with Crippen LogP contribution in [0.15, 0.2) is 24.8 Å². The lowest BCUT2D eigenvalue weighted by molar-refractivity contribution is 0.0585. The molecule has 2 aliphatic heterocycles. The number of aromatic nitrogens is 4. The molecular formula is C22H30N6O4. The standard InChI is InChI=1S/2C11H15N3O2/c2*1-16-11(15)10-6-9(13-7-14-10)8-2-4-12-5-3-8/h2*6-8,12H,2-5H2,1H3. The van der Waals surface area contributed by atoms with Gasteiger partial charge in [-0.2, -0.15) is 0 Å². The van der Waals surface area contributed by atoms with E-state index in [9.17, 15) is 9.59 Å². The predicted molar refractivity (Wildman–Crippen MR) is 116 cm³/mol. The van der Waals surface area contributed by atoms with Crippen LogP contribution in [0.1, 0.15) is 69.9 Å². The highest BCUT2D eigenvalue weighted by atomic mass is 16.5. The van der Waals surface area contributed by atoms with Gasteiger partial charge < -0.3 is 20.1 Å². The molecule has 2 aromatic rings. The SMILES string of the molecule is COC(=O)c1cc(C2CCNCC2)ncn1.COC(=O)c1cc(C2CCNCC2)ncn1. The van der Waals surface area contributed by atoms with Crippen molar-refractivity contribution >= 4 is 11.9 Å². The number of carbonyl (C=O) groups excluding carboxylic acids is 2. The number of nitrogens with one attached hydrogen (secondary N) is 2. The monoisotopic (exact) mass is 442 g/mol. The molecule has 2 fully saturated rings. The molecule has 2 saturated heterocycles. The van der Waals surface area contributed by atoms with E-state index in [-0.39, 0.29) is 0 Å². The lowest BCUT2D eigenvalue weighted by Gasteiger charge is -2.21. The first-order valence-electron chi connectivity index (χ1n) is 10.8. The second-order valence-electron chi connectivity index (χ2n) is 7.69. The molecule has 0 amide bonds. The fraction of sp³-hybridized carbons (Fsp3) is 0.545. The number of rotatable bonds is 4. The summed E-state index contributed by atoms with van der Waals surface area (Å²) in [5, 5.41) is 6.60. The number of piperidine rings is 2. The second kappa shape index (κ2) is 12.2. The van der Waals surface area contributed by atoms with E-state index in [1.165, 1.54) is 26.9 Å². The Labute approximate surface area is 187 Å². The van der Waals surface area contributed by atoms with Crippen molar-refractivity contribution in [2.24, 2.45) is 0 Å². The van der Waals surface area contributed by atoms with Crippen molar-refractivity contribution in [3.63, 3.8) is 0 Å². The second-order valence-corrected chi connectivity index (χ2v) is 7.69. The van der Waals surface area contributed by atoms with Gasteiger partial charge in [0.1, 0.15) is 12.7 Å². The van der Waals surface area contributed by atoms with Gasteiger partial charge in [0.2, 0.25) is 0 Å². The number of nitrogens with zero attached hydrogens (tertiary/aromatic N) is 4. The first kappa shape index (κ1) is 23.7. The minimum absolute atomic E-state index is 0.339. The summed E-state index contributed by atoms with van der Waals surface area (Å²) in [6.45, 7) is 4.01. The van der Waals surface area contributed by atoms with Crippen LogP contribution in [0.5, 0.6) is 0 Å². The molecule has 2 aliphatic rings. The Morgan fingerprint density at radius 1 is 0.719 bits per heavy atom. The average Bonchev–Trinajstić information content (AvgIpc) is 2.89. The smallest absolute Gasteiger partial charge is 0.356 e. The minimum atomic E-state index is -0.405. The molecule has 4 heterocycles. The average molecular weight is 443 g/mol. The summed E-state index contributed by atoms with van der Waals surface area (Å²) in [7, 11) is 2.71. The zero-order valence-corrected chi connectivity index (χ0v) is 18.5. The fourth-order valence-electron chi connectivity index (χ4n) is 3.86. The molecular weight excluding hydrogens is 412 g/mol. The van der Waals surface area contributed by atoms with Crippen molar-refractivity contribution in [1.29, 1.82) is 0 Å². The van der Waals surface area contributed by atoms with Crippen LogP contribution in [0.2, 0.25) is 0 Å². The highest BCUT2D eigenvalue weighted by molar-refractivity contribution is 5.87. The van der Waals surface area contributed by atoms with Gasteiger partial charge in [-0.25, -0.2) is 29.5 Å². The molecule has 4 rings (SSSR count). The lowest BCUT2D eigenvalue weighted by atomic mass is 9.94. The molecule has 0 radical (unpaired) electrons. The van der Waals surface area contributed by atoms with E-state index in [2.05, 4.69) is 40.0 Å². The summed E-state index contributed by atoms with van der Waals surface area (Å²) >= 11 is 0.